The minimum absolute atomic E-state index is 0.0361. The second kappa shape index (κ2) is 5.41. The van der Waals surface area contributed by atoms with Crippen LogP contribution in [0.3, 0.4) is 0 Å². The predicted molar refractivity (Wildman–Crippen MR) is 68.0 cm³/mol. The molecule has 0 spiro atoms. The highest BCUT2D eigenvalue weighted by Gasteiger charge is 2.34. The van der Waals surface area contributed by atoms with Gasteiger partial charge in [0.05, 0.1) is 11.2 Å². The van der Waals surface area contributed by atoms with Crippen LogP contribution in [-0.2, 0) is 6.18 Å². The first-order chi connectivity index (χ1) is 8.91. The summed E-state index contributed by atoms with van der Waals surface area (Å²) >= 11 is 0. The van der Waals surface area contributed by atoms with Crippen LogP contribution in [0.5, 0.6) is 0 Å². The quantitative estimate of drug-likeness (QED) is 0.877. The third-order valence-electron chi connectivity index (χ3n) is 3.62. The Morgan fingerprint density at radius 2 is 1.74 bits per heavy atom. The van der Waals surface area contributed by atoms with Crippen molar-refractivity contribution in [2.24, 2.45) is 0 Å². The Morgan fingerprint density at radius 1 is 1.11 bits per heavy atom. The zero-order chi connectivity index (χ0) is 13.9. The SMILES string of the molecule is OC1(CNc2ccccc2C(F)(F)F)CCCCC1. The van der Waals surface area contributed by atoms with E-state index in [0.717, 1.165) is 25.3 Å². The van der Waals surface area contributed by atoms with E-state index in [4.69, 9.17) is 0 Å². The normalized spacial score (nSPS) is 19.2. The molecule has 0 bridgehead atoms. The van der Waals surface area contributed by atoms with Gasteiger partial charge in [-0.1, -0.05) is 31.4 Å². The maximum atomic E-state index is 12.8. The molecule has 0 unspecified atom stereocenters. The molecule has 1 aliphatic rings. The highest BCUT2D eigenvalue weighted by atomic mass is 19.4. The summed E-state index contributed by atoms with van der Waals surface area (Å²) in [6, 6.07) is 5.37. The molecule has 1 aromatic carbocycles. The number of para-hydroxylation sites is 1. The topological polar surface area (TPSA) is 32.3 Å². The van der Waals surface area contributed by atoms with E-state index in [1.165, 1.54) is 12.1 Å². The lowest BCUT2D eigenvalue weighted by molar-refractivity contribution is -0.137. The molecule has 0 radical (unpaired) electrons. The van der Waals surface area contributed by atoms with Crippen molar-refractivity contribution in [1.82, 2.24) is 0 Å². The second-order valence-corrected chi connectivity index (χ2v) is 5.18. The van der Waals surface area contributed by atoms with Crippen molar-refractivity contribution in [3.8, 4) is 0 Å². The zero-order valence-corrected chi connectivity index (χ0v) is 10.6. The van der Waals surface area contributed by atoms with Gasteiger partial charge in [0.2, 0.25) is 0 Å². The van der Waals surface area contributed by atoms with Crippen molar-refractivity contribution in [3.63, 3.8) is 0 Å². The fraction of sp³-hybridized carbons (Fsp3) is 0.571. The molecule has 0 saturated heterocycles. The summed E-state index contributed by atoms with van der Waals surface area (Å²) in [7, 11) is 0. The van der Waals surface area contributed by atoms with E-state index in [1.54, 1.807) is 6.07 Å². The second-order valence-electron chi connectivity index (χ2n) is 5.18. The van der Waals surface area contributed by atoms with Gasteiger partial charge >= 0.3 is 6.18 Å². The molecule has 1 fully saturated rings. The van der Waals surface area contributed by atoms with Crippen LogP contribution in [0.2, 0.25) is 0 Å². The molecule has 2 nitrogen and oxygen atoms in total. The van der Waals surface area contributed by atoms with Crippen molar-refractivity contribution in [1.29, 1.82) is 0 Å². The summed E-state index contributed by atoms with van der Waals surface area (Å²) in [5.41, 5.74) is -1.53. The first-order valence-corrected chi connectivity index (χ1v) is 6.53. The van der Waals surface area contributed by atoms with E-state index < -0.39 is 17.3 Å². The molecule has 0 aliphatic heterocycles. The molecule has 0 heterocycles. The lowest BCUT2D eigenvalue weighted by Crippen LogP contribution is -2.39. The molecule has 2 N–H and O–H groups in total. The van der Waals surface area contributed by atoms with Gasteiger partial charge in [0.1, 0.15) is 0 Å². The summed E-state index contributed by atoms with van der Waals surface area (Å²) in [4.78, 5) is 0. The van der Waals surface area contributed by atoms with Crippen LogP contribution >= 0.6 is 0 Å². The first-order valence-electron chi connectivity index (χ1n) is 6.53. The zero-order valence-electron chi connectivity index (χ0n) is 10.6. The Balaban J connectivity index is 2.07. The van der Waals surface area contributed by atoms with Crippen molar-refractivity contribution < 1.29 is 18.3 Å². The van der Waals surface area contributed by atoms with Crippen LogP contribution in [0, 0.1) is 0 Å². The van der Waals surface area contributed by atoms with Crippen LogP contribution in [0.15, 0.2) is 24.3 Å². The average molecular weight is 273 g/mol. The first kappa shape index (κ1) is 14.2. The van der Waals surface area contributed by atoms with E-state index in [-0.39, 0.29) is 12.2 Å². The molecular weight excluding hydrogens is 255 g/mol. The van der Waals surface area contributed by atoms with E-state index in [2.05, 4.69) is 5.32 Å². The molecule has 19 heavy (non-hydrogen) atoms. The lowest BCUT2D eigenvalue weighted by Gasteiger charge is -2.32. The number of rotatable bonds is 3. The summed E-state index contributed by atoms with van der Waals surface area (Å²) in [6.07, 6.45) is -0.138. The number of aliphatic hydroxyl groups is 1. The van der Waals surface area contributed by atoms with Crippen LogP contribution in [0.1, 0.15) is 37.7 Å². The Morgan fingerprint density at radius 3 is 2.37 bits per heavy atom. The molecule has 0 amide bonds. The molecule has 1 aliphatic carbocycles. The fourth-order valence-corrected chi connectivity index (χ4v) is 2.53. The number of anilines is 1. The van der Waals surface area contributed by atoms with Crippen molar-refractivity contribution in [2.75, 3.05) is 11.9 Å². The number of hydrogen-bond donors (Lipinski definition) is 2. The molecular formula is C14H18F3NO. The number of halogens is 3. The van der Waals surface area contributed by atoms with Gasteiger partial charge in [0.15, 0.2) is 0 Å². The molecule has 1 saturated carbocycles. The maximum absolute atomic E-state index is 12.8. The lowest BCUT2D eigenvalue weighted by atomic mass is 9.85. The van der Waals surface area contributed by atoms with Gasteiger partial charge in [-0.3, -0.25) is 0 Å². The monoisotopic (exact) mass is 273 g/mol. The molecule has 0 atom stereocenters. The van der Waals surface area contributed by atoms with Crippen molar-refractivity contribution >= 4 is 5.69 Å². The maximum Gasteiger partial charge on any atom is 0.418 e. The van der Waals surface area contributed by atoms with Gasteiger partial charge in [-0.25, -0.2) is 0 Å². The summed E-state index contributed by atoms with van der Waals surface area (Å²) in [5, 5.41) is 13.0. The Kier molecular flexibility index (Phi) is 4.04. The van der Waals surface area contributed by atoms with Gasteiger partial charge < -0.3 is 10.4 Å². The number of hydrogen-bond acceptors (Lipinski definition) is 2. The highest BCUT2D eigenvalue weighted by Crippen LogP contribution is 2.35. The van der Waals surface area contributed by atoms with Crippen LogP contribution < -0.4 is 5.32 Å². The summed E-state index contributed by atoms with van der Waals surface area (Å²) in [5.74, 6) is 0. The Labute approximate surface area is 110 Å². The van der Waals surface area contributed by atoms with E-state index >= 15 is 0 Å². The molecule has 106 valence electrons. The minimum atomic E-state index is -4.38. The third kappa shape index (κ3) is 3.62. The summed E-state index contributed by atoms with van der Waals surface area (Å²) in [6.45, 7) is 0.167. The largest absolute Gasteiger partial charge is 0.418 e. The minimum Gasteiger partial charge on any atom is -0.388 e. The predicted octanol–water partition coefficient (Wildman–Crippen LogP) is 3.81. The van der Waals surface area contributed by atoms with Crippen LogP contribution in [-0.4, -0.2) is 17.3 Å². The molecule has 2 rings (SSSR count). The third-order valence-corrected chi connectivity index (χ3v) is 3.62. The van der Waals surface area contributed by atoms with Crippen LogP contribution in [0.25, 0.3) is 0 Å². The fourth-order valence-electron chi connectivity index (χ4n) is 2.53. The highest BCUT2D eigenvalue weighted by molar-refractivity contribution is 5.52. The smallest absolute Gasteiger partial charge is 0.388 e. The van der Waals surface area contributed by atoms with Crippen molar-refractivity contribution in [3.05, 3.63) is 29.8 Å². The number of alkyl halides is 3. The van der Waals surface area contributed by atoms with E-state index in [1.807, 2.05) is 0 Å². The molecule has 5 heteroatoms. The van der Waals surface area contributed by atoms with Gasteiger partial charge in [-0.15, -0.1) is 0 Å². The molecule has 0 aromatic heterocycles. The average Bonchev–Trinajstić information content (AvgIpc) is 2.37. The van der Waals surface area contributed by atoms with Gasteiger partial charge in [-0.05, 0) is 25.0 Å². The van der Waals surface area contributed by atoms with Crippen molar-refractivity contribution in [2.45, 2.75) is 43.9 Å². The Bertz CT molecular complexity index is 425. The van der Waals surface area contributed by atoms with E-state index in [9.17, 15) is 18.3 Å². The number of nitrogens with one attached hydrogen (secondary N) is 1. The van der Waals surface area contributed by atoms with Crippen LogP contribution in [0.4, 0.5) is 18.9 Å². The summed E-state index contributed by atoms with van der Waals surface area (Å²) < 4.78 is 38.4. The van der Waals surface area contributed by atoms with E-state index in [0.29, 0.717) is 12.8 Å². The number of benzene rings is 1. The Hall–Kier alpha value is -1.23. The van der Waals surface area contributed by atoms with Gasteiger partial charge in [0.25, 0.3) is 0 Å². The van der Waals surface area contributed by atoms with Gasteiger partial charge in [0, 0.05) is 12.2 Å². The van der Waals surface area contributed by atoms with Gasteiger partial charge in [-0.2, -0.15) is 13.2 Å². The standard InChI is InChI=1S/C14H18F3NO/c15-14(16,17)11-6-2-3-7-12(11)18-10-13(19)8-4-1-5-9-13/h2-3,6-7,18-19H,1,4-5,8-10H2. The molecule has 1 aromatic rings.